The molecule has 0 atom stereocenters. The first-order chi connectivity index (χ1) is 19.6. The predicted octanol–water partition coefficient (Wildman–Crippen LogP) is 8.33. The Morgan fingerprint density at radius 2 is 1.80 bits per heavy atom. The number of aromatic nitrogens is 1. The number of benzene rings is 2. The lowest BCUT2D eigenvalue weighted by Gasteiger charge is -2.18. The first kappa shape index (κ1) is 32.1. The van der Waals surface area contributed by atoms with Crippen LogP contribution in [0.3, 0.4) is 0 Å². The molecule has 2 aromatic heterocycles. The number of carbonyl (C=O) groups is 1. The summed E-state index contributed by atoms with van der Waals surface area (Å²) in [5.41, 5.74) is 2.92. The minimum absolute atomic E-state index is 0.0322. The zero-order valence-electron chi connectivity index (χ0n) is 24.7. The van der Waals surface area contributed by atoms with E-state index in [9.17, 15) is 4.79 Å². The van der Waals surface area contributed by atoms with E-state index in [1.54, 1.807) is 31.2 Å². The lowest BCUT2D eigenvalue weighted by Crippen LogP contribution is -2.18. The van der Waals surface area contributed by atoms with Crippen molar-refractivity contribution >= 4 is 28.9 Å². The average Bonchev–Trinajstić information content (AvgIpc) is 3.42. The minimum atomic E-state index is -0.514. The van der Waals surface area contributed by atoms with Gasteiger partial charge >= 0.3 is 5.97 Å². The Balaban J connectivity index is 0.00000226. The van der Waals surface area contributed by atoms with Crippen LogP contribution in [0.25, 0.3) is 22.1 Å². The summed E-state index contributed by atoms with van der Waals surface area (Å²) in [6.45, 7) is 14.2. The molecule has 4 aromatic rings. The molecular formula is C32H38F2N2O4S. The highest BCUT2D eigenvalue weighted by Gasteiger charge is 2.21. The maximum atomic E-state index is 15.7. The van der Waals surface area contributed by atoms with E-state index < -0.39 is 11.6 Å². The number of esters is 1. The van der Waals surface area contributed by atoms with Crippen LogP contribution >= 0.6 is 11.9 Å². The summed E-state index contributed by atoms with van der Waals surface area (Å²) < 4.78 is 51.0. The SMILES string of the molecule is CC.CCOC(=O)Cc1ccc(C)cc1OCc1cc(-c2ccnc(CNSC(C)(C)C)c2F)c2occc2c1F. The van der Waals surface area contributed by atoms with Crippen molar-refractivity contribution in [2.24, 2.45) is 0 Å². The van der Waals surface area contributed by atoms with E-state index >= 15 is 8.78 Å². The molecule has 0 saturated heterocycles. The van der Waals surface area contributed by atoms with Gasteiger partial charge in [-0.25, -0.2) is 8.78 Å². The molecule has 2 aromatic carbocycles. The molecule has 0 fully saturated rings. The van der Waals surface area contributed by atoms with Gasteiger partial charge in [-0.2, -0.15) is 0 Å². The van der Waals surface area contributed by atoms with E-state index in [2.05, 4.69) is 30.5 Å². The molecule has 0 aliphatic carbocycles. The van der Waals surface area contributed by atoms with Crippen molar-refractivity contribution in [3.8, 4) is 16.9 Å². The van der Waals surface area contributed by atoms with Crippen molar-refractivity contribution in [2.75, 3.05) is 6.61 Å². The maximum Gasteiger partial charge on any atom is 0.310 e. The number of hydrogen-bond donors (Lipinski definition) is 1. The second-order valence-electron chi connectivity index (χ2n) is 10.1. The minimum Gasteiger partial charge on any atom is -0.488 e. The van der Waals surface area contributed by atoms with Crippen molar-refractivity contribution in [1.29, 1.82) is 0 Å². The second-order valence-corrected chi connectivity index (χ2v) is 11.8. The fourth-order valence-corrected chi connectivity index (χ4v) is 4.72. The van der Waals surface area contributed by atoms with Gasteiger partial charge < -0.3 is 13.9 Å². The second kappa shape index (κ2) is 14.5. The third kappa shape index (κ3) is 8.30. The molecule has 0 aliphatic rings. The summed E-state index contributed by atoms with van der Waals surface area (Å²) in [5.74, 6) is -0.943. The fraction of sp³-hybridized carbons (Fsp3) is 0.375. The van der Waals surface area contributed by atoms with Gasteiger partial charge in [0.05, 0.1) is 36.9 Å². The highest BCUT2D eigenvalue weighted by molar-refractivity contribution is 7.98. The Kier molecular flexibility index (Phi) is 11.3. The molecule has 220 valence electrons. The number of carbonyl (C=O) groups excluding carboxylic acids is 1. The molecule has 0 unspecified atom stereocenters. The van der Waals surface area contributed by atoms with Crippen LogP contribution in [-0.2, 0) is 29.1 Å². The van der Waals surface area contributed by atoms with E-state index in [0.717, 1.165) is 5.56 Å². The molecule has 0 spiro atoms. The highest BCUT2D eigenvalue weighted by atomic mass is 32.2. The summed E-state index contributed by atoms with van der Waals surface area (Å²) in [6.07, 6.45) is 2.94. The smallest absolute Gasteiger partial charge is 0.310 e. The van der Waals surface area contributed by atoms with Crippen LogP contribution in [0.4, 0.5) is 8.78 Å². The normalized spacial score (nSPS) is 11.2. The quantitative estimate of drug-likeness (QED) is 0.148. The third-order valence-corrected chi connectivity index (χ3v) is 6.76. The molecule has 0 amide bonds. The highest BCUT2D eigenvalue weighted by Crippen LogP contribution is 2.36. The molecule has 9 heteroatoms. The first-order valence-corrected chi connectivity index (χ1v) is 14.5. The monoisotopic (exact) mass is 584 g/mol. The average molecular weight is 585 g/mol. The lowest BCUT2D eigenvalue weighted by molar-refractivity contribution is -0.142. The molecule has 2 heterocycles. The molecule has 0 bridgehead atoms. The number of ether oxygens (including phenoxy) is 2. The van der Waals surface area contributed by atoms with Crippen molar-refractivity contribution in [1.82, 2.24) is 9.71 Å². The van der Waals surface area contributed by atoms with Gasteiger partial charge in [0.25, 0.3) is 0 Å². The van der Waals surface area contributed by atoms with Gasteiger partial charge in [-0.15, -0.1) is 0 Å². The van der Waals surface area contributed by atoms with Crippen molar-refractivity contribution < 1.29 is 27.5 Å². The molecule has 0 saturated carbocycles. The van der Waals surface area contributed by atoms with Gasteiger partial charge in [0.15, 0.2) is 5.82 Å². The Hall–Kier alpha value is -3.43. The van der Waals surface area contributed by atoms with Gasteiger partial charge in [-0.3, -0.25) is 14.5 Å². The van der Waals surface area contributed by atoms with Crippen LogP contribution in [-0.4, -0.2) is 22.3 Å². The lowest BCUT2D eigenvalue weighted by atomic mass is 9.99. The number of furan rings is 1. The van der Waals surface area contributed by atoms with Gasteiger partial charge in [0.1, 0.15) is 23.8 Å². The number of pyridine rings is 1. The third-order valence-electron chi connectivity index (χ3n) is 5.86. The van der Waals surface area contributed by atoms with E-state index in [0.29, 0.717) is 16.9 Å². The number of nitrogens with one attached hydrogen (secondary N) is 1. The standard InChI is InChI=1S/C30H32F2N2O4S.C2H6/c1-6-36-26(35)15-19-8-7-18(2)13-25(19)38-17-20-14-23(29-22(27(20)31)10-12-37-29)21-9-11-33-24(28(21)32)16-34-39-30(3,4)5;1-2/h7-14,34H,6,15-17H2,1-5H3;1-2H3. The van der Waals surface area contributed by atoms with E-state index in [1.165, 1.54) is 30.5 Å². The van der Waals surface area contributed by atoms with E-state index in [1.807, 2.05) is 26.8 Å². The number of nitrogens with zero attached hydrogens (tertiary/aromatic N) is 1. The summed E-state index contributed by atoms with van der Waals surface area (Å²) >= 11 is 1.49. The molecule has 0 aliphatic heterocycles. The maximum absolute atomic E-state index is 15.7. The molecule has 0 radical (unpaired) electrons. The molecule has 6 nitrogen and oxygen atoms in total. The Morgan fingerprint density at radius 1 is 1.05 bits per heavy atom. The van der Waals surface area contributed by atoms with Crippen molar-refractivity contribution in [3.63, 3.8) is 0 Å². The fourth-order valence-electron chi connectivity index (χ4n) is 4.08. The molecule has 41 heavy (non-hydrogen) atoms. The van der Waals surface area contributed by atoms with Gasteiger partial charge in [-0.05, 0) is 64.4 Å². The van der Waals surface area contributed by atoms with Crippen LogP contribution in [0, 0.1) is 18.6 Å². The summed E-state index contributed by atoms with van der Waals surface area (Å²) in [4.78, 5) is 16.3. The summed E-state index contributed by atoms with van der Waals surface area (Å²) in [5, 5.41) is 0.223. The Bertz CT molecular complexity index is 1480. The largest absolute Gasteiger partial charge is 0.488 e. The number of hydrogen-bond acceptors (Lipinski definition) is 7. The topological polar surface area (TPSA) is 73.6 Å². The number of rotatable bonds is 10. The number of fused-ring (bicyclic) bond motifs is 1. The van der Waals surface area contributed by atoms with Crippen molar-refractivity contribution in [2.45, 2.75) is 72.8 Å². The summed E-state index contributed by atoms with van der Waals surface area (Å²) in [7, 11) is 0. The predicted molar refractivity (Wildman–Crippen MR) is 161 cm³/mol. The number of aryl methyl sites for hydroxylation is 1. The van der Waals surface area contributed by atoms with Crippen LogP contribution in [0.15, 0.2) is 53.3 Å². The zero-order chi connectivity index (χ0) is 30.2. The van der Waals surface area contributed by atoms with Crippen molar-refractivity contribution in [3.05, 3.63) is 82.9 Å². The van der Waals surface area contributed by atoms with E-state index in [4.69, 9.17) is 13.9 Å². The summed E-state index contributed by atoms with van der Waals surface area (Å²) in [6, 6.07) is 10.1. The molecule has 4 rings (SSSR count). The zero-order valence-corrected chi connectivity index (χ0v) is 25.5. The van der Waals surface area contributed by atoms with Crippen LogP contribution in [0.1, 0.15) is 63.9 Å². The van der Waals surface area contributed by atoms with E-state index in [-0.39, 0.29) is 64.7 Å². The Morgan fingerprint density at radius 3 is 2.51 bits per heavy atom. The van der Waals surface area contributed by atoms with Gasteiger partial charge in [-0.1, -0.05) is 37.9 Å². The number of halogens is 2. The van der Waals surface area contributed by atoms with Gasteiger partial charge in [0.2, 0.25) is 0 Å². The first-order valence-electron chi connectivity index (χ1n) is 13.7. The molecule has 1 N–H and O–H groups in total. The van der Waals surface area contributed by atoms with Crippen LogP contribution in [0.5, 0.6) is 5.75 Å². The van der Waals surface area contributed by atoms with Crippen LogP contribution < -0.4 is 9.46 Å². The molecular weight excluding hydrogens is 546 g/mol. The van der Waals surface area contributed by atoms with Gasteiger partial charge in [0, 0.05) is 33.2 Å². The van der Waals surface area contributed by atoms with Crippen LogP contribution in [0.2, 0.25) is 0 Å². The Labute approximate surface area is 245 Å².